The van der Waals surface area contributed by atoms with E-state index in [9.17, 15) is 5.11 Å². The Kier molecular flexibility index (Phi) is 2.96. The van der Waals surface area contributed by atoms with Gasteiger partial charge in [-0.2, -0.15) is 5.26 Å². The van der Waals surface area contributed by atoms with E-state index in [0.29, 0.717) is 36.2 Å². The first kappa shape index (κ1) is 12.5. The van der Waals surface area contributed by atoms with Crippen molar-refractivity contribution in [1.29, 1.82) is 5.26 Å². The fourth-order valence-electron chi connectivity index (χ4n) is 3.48. The zero-order valence-corrected chi connectivity index (χ0v) is 11.0. The van der Waals surface area contributed by atoms with Crippen LogP contribution in [-0.2, 0) is 5.60 Å². The number of benzene rings is 1. The van der Waals surface area contributed by atoms with Crippen molar-refractivity contribution in [3.8, 4) is 11.8 Å². The first-order valence-electron chi connectivity index (χ1n) is 6.72. The molecule has 0 amide bonds. The lowest BCUT2D eigenvalue weighted by atomic mass is 9.80. The molecule has 2 unspecified atom stereocenters. The number of hydrogen-bond acceptors (Lipinski definition) is 4. The molecule has 0 aromatic heterocycles. The Labute approximate surface area is 113 Å². The summed E-state index contributed by atoms with van der Waals surface area (Å²) in [5.41, 5.74) is 0.442. The highest BCUT2D eigenvalue weighted by Crippen LogP contribution is 2.44. The van der Waals surface area contributed by atoms with E-state index >= 15 is 0 Å². The van der Waals surface area contributed by atoms with Crippen LogP contribution < -0.4 is 10.1 Å². The number of hydrogen-bond donors (Lipinski definition) is 2. The first-order valence-corrected chi connectivity index (χ1v) is 6.72. The lowest BCUT2D eigenvalue weighted by Gasteiger charge is -2.38. The molecule has 2 saturated heterocycles. The molecule has 1 aromatic carbocycles. The number of piperidine rings is 1. The molecule has 0 aliphatic carbocycles. The van der Waals surface area contributed by atoms with E-state index in [4.69, 9.17) is 10.00 Å². The van der Waals surface area contributed by atoms with Crippen LogP contribution in [0.15, 0.2) is 18.2 Å². The number of aliphatic hydroxyl groups is 1. The van der Waals surface area contributed by atoms with Crippen LogP contribution in [0.2, 0.25) is 0 Å². The summed E-state index contributed by atoms with van der Waals surface area (Å²) < 4.78 is 5.36. The quantitative estimate of drug-likeness (QED) is 0.847. The second-order valence-corrected chi connectivity index (χ2v) is 5.60. The molecule has 4 heteroatoms. The Hall–Kier alpha value is -1.57. The van der Waals surface area contributed by atoms with Gasteiger partial charge in [-0.3, -0.25) is 0 Å². The third-order valence-electron chi connectivity index (χ3n) is 4.33. The van der Waals surface area contributed by atoms with Gasteiger partial charge in [-0.25, -0.2) is 0 Å². The summed E-state index contributed by atoms with van der Waals surface area (Å²) in [6.45, 7) is 0. The van der Waals surface area contributed by atoms with Gasteiger partial charge in [0.2, 0.25) is 0 Å². The van der Waals surface area contributed by atoms with Crippen molar-refractivity contribution in [3.05, 3.63) is 29.3 Å². The van der Waals surface area contributed by atoms with Crippen LogP contribution in [0, 0.1) is 11.3 Å². The van der Waals surface area contributed by atoms with E-state index in [1.807, 2.05) is 0 Å². The smallest absolute Gasteiger partial charge is 0.125 e. The van der Waals surface area contributed by atoms with Crippen LogP contribution in [0.5, 0.6) is 5.75 Å². The number of nitriles is 1. The molecular formula is C15H18N2O2. The summed E-state index contributed by atoms with van der Waals surface area (Å²) in [6.07, 6.45) is 3.62. The summed E-state index contributed by atoms with van der Waals surface area (Å²) in [4.78, 5) is 0. The number of methoxy groups -OCH3 is 1. The van der Waals surface area contributed by atoms with E-state index in [1.54, 1.807) is 25.3 Å². The van der Waals surface area contributed by atoms with Gasteiger partial charge in [0, 0.05) is 17.6 Å². The van der Waals surface area contributed by atoms with E-state index < -0.39 is 5.60 Å². The summed E-state index contributed by atoms with van der Waals surface area (Å²) in [5, 5.41) is 23.6. The van der Waals surface area contributed by atoms with Crippen LogP contribution in [0.3, 0.4) is 0 Å². The summed E-state index contributed by atoms with van der Waals surface area (Å²) in [7, 11) is 1.60. The van der Waals surface area contributed by atoms with Gasteiger partial charge in [-0.15, -0.1) is 0 Å². The molecule has 0 spiro atoms. The normalized spacial score (nSPS) is 32.9. The maximum absolute atomic E-state index is 11.0. The Morgan fingerprint density at radius 3 is 2.63 bits per heavy atom. The molecule has 2 aliphatic heterocycles. The van der Waals surface area contributed by atoms with Gasteiger partial charge in [0.15, 0.2) is 0 Å². The van der Waals surface area contributed by atoms with Crippen LogP contribution in [0.4, 0.5) is 0 Å². The number of nitrogens with one attached hydrogen (secondary N) is 1. The summed E-state index contributed by atoms with van der Waals surface area (Å²) >= 11 is 0. The highest BCUT2D eigenvalue weighted by molar-refractivity contribution is 5.45. The minimum Gasteiger partial charge on any atom is -0.496 e. The second-order valence-electron chi connectivity index (χ2n) is 5.60. The van der Waals surface area contributed by atoms with Crippen molar-refractivity contribution >= 4 is 0 Å². The highest BCUT2D eigenvalue weighted by Gasteiger charge is 2.44. The topological polar surface area (TPSA) is 65.3 Å². The van der Waals surface area contributed by atoms with Gasteiger partial charge >= 0.3 is 0 Å². The highest BCUT2D eigenvalue weighted by atomic mass is 16.5. The largest absolute Gasteiger partial charge is 0.496 e. The van der Waals surface area contributed by atoms with E-state index in [0.717, 1.165) is 18.4 Å². The SMILES string of the molecule is COc1ccc(C#N)cc1C1(O)CC2CCC(C1)N2. The van der Waals surface area contributed by atoms with Crippen LogP contribution >= 0.6 is 0 Å². The fraction of sp³-hybridized carbons (Fsp3) is 0.533. The minimum absolute atomic E-state index is 0.374. The lowest BCUT2D eigenvalue weighted by molar-refractivity contribution is -0.0132. The average molecular weight is 258 g/mol. The molecule has 2 atom stereocenters. The van der Waals surface area contributed by atoms with Gasteiger partial charge in [0.25, 0.3) is 0 Å². The van der Waals surface area contributed by atoms with Crippen LogP contribution in [0.1, 0.15) is 36.8 Å². The van der Waals surface area contributed by atoms with Crippen molar-refractivity contribution in [1.82, 2.24) is 5.32 Å². The number of ether oxygens (including phenoxy) is 1. The third kappa shape index (κ3) is 2.09. The molecule has 2 aliphatic rings. The molecule has 1 aromatic rings. The molecule has 3 rings (SSSR count). The van der Waals surface area contributed by atoms with Gasteiger partial charge in [0.05, 0.1) is 24.3 Å². The van der Waals surface area contributed by atoms with E-state index in [-0.39, 0.29) is 0 Å². The molecular weight excluding hydrogens is 240 g/mol. The number of rotatable bonds is 2. The van der Waals surface area contributed by atoms with Crippen molar-refractivity contribution in [2.45, 2.75) is 43.4 Å². The maximum atomic E-state index is 11.0. The molecule has 0 radical (unpaired) electrons. The molecule has 2 bridgehead atoms. The van der Waals surface area contributed by atoms with Crippen LogP contribution in [0.25, 0.3) is 0 Å². The van der Waals surface area contributed by atoms with Gasteiger partial charge in [-0.1, -0.05) is 0 Å². The zero-order valence-electron chi connectivity index (χ0n) is 11.0. The summed E-state index contributed by atoms with van der Waals surface area (Å²) in [6, 6.07) is 8.14. The Morgan fingerprint density at radius 1 is 1.37 bits per heavy atom. The average Bonchev–Trinajstić information content (AvgIpc) is 2.77. The predicted octanol–water partition coefficient (Wildman–Crippen LogP) is 1.67. The minimum atomic E-state index is -0.880. The van der Waals surface area contributed by atoms with Crippen LogP contribution in [-0.4, -0.2) is 24.3 Å². The fourth-order valence-corrected chi connectivity index (χ4v) is 3.48. The van der Waals surface area contributed by atoms with Crippen molar-refractivity contribution in [2.24, 2.45) is 0 Å². The van der Waals surface area contributed by atoms with Gasteiger partial charge < -0.3 is 15.2 Å². The summed E-state index contributed by atoms with van der Waals surface area (Å²) in [5.74, 6) is 0.669. The van der Waals surface area contributed by atoms with Crippen molar-refractivity contribution in [3.63, 3.8) is 0 Å². The molecule has 100 valence electrons. The molecule has 2 fully saturated rings. The predicted molar refractivity (Wildman–Crippen MR) is 70.8 cm³/mol. The maximum Gasteiger partial charge on any atom is 0.125 e. The molecule has 0 saturated carbocycles. The zero-order chi connectivity index (χ0) is 13.5. The van der Waals surface area contributed by atoms with E-state index in [1.165, 1.54) is 0 Å². The lowest BCUT2D eigenvalue weighted by Crippen LogP contribution is -2.46. The standard InChI is InChI=1S/C15H18N2O2/c1-19-14-5-2-10(9-16)6-13(14)15(18)7-11-3-4-12(8-15)17-11/h2,5-6,11-12,17-18H,3-4,7-8H2,1H3. The van der Waals surface area contributed by atoms with Crippen molar-refractivity contribution < 1.29 is 9.84 Å². The molecule has 4 nitrogen and oxygen atoms in total. The number of nitrogens with zero attached hydrogens (tertiary/aromatic N) is 1. The second kappa shape index (κ2) is 4.52. The Balaban J connectivity index is 2.02. The van der Waals surface area contributed by atoms with Gasteiger partial charge in [0.1, 0.15) is 5.75 Å². The third-order valence-corrected chi connectivity index (χ3v) is 4.33. The molecule has 19 heavy (non-hydrogen) atoms. The molecule has 2 heterocycles. The Morgan fingerprint density at radius 2 is 2.05 bits per heavy atom. The molecule has 2 N–H and O–H groups in total. The Bertz CT molecular complexity index is 523. The van der Waals surface area contributed by atoms with Crippen molar-refractivity contribution in [2.75, 3.05) is 7.11 Å². The first-order chi connectivity index (χ1) is 9.14. The number of fused-ring (bicyclic) bond motifs is 2. The van der Waals surface area contributed by atoms with Gasteiger partial charge in [-0.05, 0) is 43.9 Å². The monoisotopic (exact) mass is 258 g/mol. The van der Waals surface area contributed by atoms with E-state index in [2.05, 4.69) is 11.4 Å².